The second-order valence-electron chi connectivity index (χ2n) is 6.42. The van der Waals surface area contributed by atoms with Gasteiger partial charge in [-0.15, -0.1) is 0 Å². The summed E-state index contributed by atoms with van der Waals surface area (Å²) in [4.78, 5) is 2.26. The summed E-state index contributed by atoms with van der Waals surface area (Å²) in [6.07, 6.45) is 0. The highest BCUT2D eigenvalue weighted by Gasteiger charge is 2.38. The lowest BCUT2D eigenvalue weighted by Gasteiger charge is -2.48. The Labute approximate surface area is 120 Å². The van der Waals surface area contributed by atoms with Crippen molar-refractivity contribution < 1.29 is 9.84 Å². The van der Waals surface area contributed by atoms with Gasteiger partial charge in [0.1, 0.15) is 0 Å². The van der Waals surface area contributed by atoms with Crippen molar-refractivity contribution >= 4 is 17.3 Å². The van der Waals surface area contributed by atoms with Crippen LogP contribution in [0, 0.1) is 0 Å². The average Bonchev–Trinajstić information content (AvgIpc) is 2.24. The Hall–Kier alpha value is -0.770. The Balaban J connectivity index is 2.31. The molecule has 1 fully saturated rings. The Morgan fingerprint density at radius 2 is 1.79 bits per heavy atom. The van der Waals surface area contributed by atoms with Crippen LogP contribution in [0.15, 0.2) is 18.2 Å². The number of hydrogen-bond donors (Lipinski definition) is 1. The van der Waals surface area contributed by atoms with E-state index in [0.717, 1.165) is 24.3 Å². The number of halogens is 1. The average molecular weight is 284 g/mol. The molecular weight excluding hydrogens is 262 g/mol. The molecule has 1 aliphatic rings. The molecule has 19 heavy (non-hydrogen) atoms. The number of benzene rings is 1. The van der Waals surface area contributed by atoms with Crippen LogP contribution in [0.25, 0.3) is 0 Å². The van der Waals surface area contributed by atoms with E-state index in [0.29, 0.717) is 5.02 Å². The van der Waals surface area contributed by atoms with Gasteiger partial charge in [-0.2, -0.15) is 0 Å². The number of aliphatic hydroxyl groups is 1. The molecule has 2 rings (SSSR count). The minimum atomic E-state index is -0.208. The number of anilines is 1. The molecule has 4 heteroatoms. The Morgan fingerprint density at radius 1 is 1.21 bits per heavy atom. The molecule has 0 aromatic heterocycles. The monoisotopic (exact) mass is 283 g/mol. The number of hydrogen-bond acceptors (Lipinski definition) is 3. The molecule has 0 amide bonds. The normalized spacial score (nSPS) is 21.5. The van der Waals surface area contributed by atoms with Crippen molar-refractivity contribution in [2.24, 2.45) is 0 Å². The third-order valence-corrected chi connectivity index (χ3v) is 3.53. The summed E-state index contributed by atoms with van der Waals surface area (Å²) in [7, 11) is 0. The minimum Gasteiger partial charge on any atom is -0.392 e. The summed E-state index contributed by atoms with van der Waals surface area (Å²) in [6.45, 7) is 9.99. The van der Waals surface area contributed by atoms with E-state index < -0.39 is 0 Å². The molecule has 106 valence electrons. The van der Waals surface area contributed by atoms with Crippen molar-refractivity contribution in [3.8, 4) is 0 Å². The quantitative estimate of drug-likeness (QED) is 0.904. The van der Waals surface area contributed by atoms with Crippen LogP contribution in [0.3, 0.4) is 0 Å². The lowest BCUT2D eigenvalue weighted by Crippen LogP contribution is -2.57. The van der Waals surface area contributed by atoms with Gasteiger partial charge in [-0.1, -0.05) is 17.7 Å². The van der Waals surface area contributed by atoms with Crippen molar-refractivity contribution in [3.05, 3.63) is 28.8 Å². The fraction of sp³-hybridized carbons (Fsp3) is 0.600. The van der Waals surface area contributed by atoms with Crippen LogP contribution in [-0.4, -0.2) is 29.4 Å². The van der Waals surface area contributed by atoms with Gasteiger partial charge in [0.15, 0.2) is 0 Å². The Morgan fingerprint density at radius 3 is 2.26 bits per heavy atom. The highest BCUT2D eigenvalue weighted by Crippen LogP contribution is 2.35. The summed E-state index contributed by atoms with van der Waals surface area (Å²) < 4.78 is 6.07. The van der Waals surface area contributed by atoms with E-state index in [1.54, 1.807) is 0 Å². The lowest BCUT2D eigenvalue weighted by atomic mass is 9.98. The topological polar surface area (TPSA) is 32.7 Å². The van der Waals surface area contributed by atoms with Crippen LogP contribution < -0.4 is 4.90 Å². The summed E-state index contributed by atoms with van der Waals surface area (Å²) in [5.41, 5.74) is 1.42. The Bertz CT molecular complexity index is 455. The molecule has 1 aliphatic heterocycles. The van der Waals surface area contributed by atoms with E-state index in [4.69, 9.17) is 21.4 Å². The second kappa shape index (κ2) is 4.97. The smallest absolute Gasteiger partial charge is 0.0808 e. The van der Waals surface area contributed by atoms with Crippen LogP contribution in [0.4, 0.5) is 5.69 Å². The van der Waals surface area contributed by atoms with E-state index in [1.165, 1.54) is 0 Å². The molecular formula is C15H22ClNO2. The molecule has 1 saturated heterocycles. The van der Waals surface area contributed by atoms with Crippen molar-refractivity contribution in [1.29, 1.82) is 0 Å². The van der Waals surface area contributed by atoms with E-state index in [9.17, 15) is 0 Å². The zero-order chi connectivity index (χ0) is 14.3. The summed E-state index contributed by atoms with van der Waals surface area (Å²) >= 11 is 6.33. The molecule has 1 heterocycles. The molecule has 1 N–H and O–H groups in total. The van der Waals surface area contributed by atoms with Gasteiger partial charge in [-0.05, 0) is 45.4 Å². The van der Waals surface area contributed by atoms with E-state index >= 15 is 0 Å². The maximum absolute atomic E-state index is 9.14. The highest BCUT2D eigenvalue weighted by molar-refractivity contribution is 6.33. The maximum atomic E-state index is 9.14. The molecule has 0 spiro atoms. The molecule has 1 aromatic rings. The molecule has 0 bridgehead atoms. The minimum absolute atomic E-state index is 0.0140. The third-order valence-electron chi connectivity index (χ3n) is 3.23. The number of nitrogens with zero attached hydrogens (tertiary/aromatic N) is 1. The van der Waals surface area contributed by atoms with Crippen molar-refractivity contribution in [3.63, 3.8) is 0 Å². The van der Waals surface area contributed by atoms with Crippen molar-refractivity contribution in [2.45, 2.75) is 45.5 Å². The van der Waals surface area contributed by atoms with Gasteiger partial charge in [-0.25, -0.2) is 0 Å². The standard InChI is InChI=1S/C15H22ClNO2/c1-14(2)9-17(10-15(3,4)19-14)13-6-5-11(8-18)7-12(13)16/h5-7,18H,8-10H2,1-4H3. The van der Waals surface area contributed by atoms with Gasteiger partial charge in [0.2, 0.25) is 0 Å². The maximum Gasteiger partial charge on any atom is 0.0808 e. The first-order valence-electron chi connectivity index (χ1n) is 6.57. The van der Waals surface area contributed by atoms with Crippen LogP contribution in [0.5, 0.6) is 0 Å². The van der Waals surface area contributed by atoms with Crippen LogP contribution in [0.2, 0.25) is 5.02 Å². The van der Waals surface area contributed by atoms with Gasteiger partial charge >= 0.3 is 0 Å². The van der Waals surface area contributed by atoms with Gasteiger partial charge in [-0.3, -0.25) is 0 Å². The first kappa shape index (κ1) is 14.6. The Kier molecular flexibility index (Phi) is 3.83. The molecule has 3 nitrogen and oxygen atoms in total. The summed E-state index contributed by atoms with van der Waals surface area (Å²) in [5.74, 6) is 0. The fourth-order valence-electron chi connectivity index (χ4n) is 2.86. The summed E-state index contributed by atoms with van der Waals surface area (Å²) in [5, 5.41) is 9.82. The number of ether oxygens (including phenoxy) is 1. The van der Waals surface area contributed by atoms with Crippen LogP contribution in [0.1, 0.15) is 33.3 Å². The first-order valence-corrected chi connectivity index (χ1v) is 6.95. The predicted molar refractivity (Wildman–Crippen MR) is 78.8 cm³/mol. The predicted octanol–water partition coefficient (Wildman–Crippen LogP) is 3.23. The molecule has 0 unspecified atom stereocenters. The van der Waals surface area contributed by atoms with Gasteiger partial charge in [0.05, 0.1) is 28.5 Å². The zero-order valence-corrected chi connectivity index (χ0v) is 12.8. The lowest BCUT2D eigenvalue weighted by molar-refractivity contribution is -0.133. The number of rotatable bonds is 2. The molecule has 0 radical (unpaired) electrons. The SMILES string of the molecule is CC1(C)CN(c2ccc(CO)cc2Cl)CC(C)(C)O1. The van der Waals surface area contributed by atoms with Gasteiger partial charge < -0.3 is 14.7 Å². The van der Waals surface area contributed by atoms with E-state index in [-0.39, 0.29) is 17.8 Å². The van der Waals surface area contributed by atoms with Crippen molar-refractivity contribution in [1.82, 2.24) is 0 Å². The molecule has 1 aromatic carbocycles. The number of morpholine rings is 1. The summed E-state index contributed by atoms with van der Waals surface area (Å²) in [6, 6.07) is 5.72. The number of aliphatic hydroxyl groups excluding tert-OH is 1. The zero-order valence-electron chi connectivity index (χ0n) is 12.0. The largest absolute Gasteiger partial charge is 0.392 e. The first-order chi connectivity index (χ1) is 8.72. The molecule has 0 saturated carbocycles. The molecule has 0 atom stereocenters. The van der Waals surface area contributed by atoms with Crippen LogP contribution >= 0.6 is 11.6 Å². The van der Waals surface area contributed by atoms with E-state index in [2.05, 4.69) is 32.6 Å². The fourth-order valence-corrected chi connectivity index (χ4v) is 3.19. The van der Waals surface area contributed by atoms with Crippen molar-refractivity contribution in [2.75, 3.05) is 18.0 Å². The highest BCUT2D eigenvalue weighted by atomic mass is 35.5. The van der Waals surface area contributed by atoms with Crippen LogP contribution in [-0.2, 0) is 11.3 Å². The van der Waals surface area contributed by atoms with Gasteiger partial charge in [0.25, 0.3) is 0 Å². The van der Waals surface area contributed by atoms with E-state index in [1.807, 2.05) is 18.2 Å². The third kappa shape index (κ3) is 3.41. The van der Waals surface area contributed by atoms with Gasteiger partial charge in [0, 0.05) is 13.1 Å². The second-order valence-corrected chi connectivity index (χ2v) is 6.83. The molecule has 0 aliphatic carbocycles.